The number of rotatable bonds is 3. The van der Waals surface area contributed by atoms with E-state index in [9.17, 15) is 4.57 Å². The van der Waals surface area contributed by atoms with Crippen LogP contribution in [0.4, 0.5) is 0 Å². The van der Waals surface area contributed by atoms with Crippen LogP contribution in [0.25, 0.3) is 0 Å². The molecule has 0 spiro atoms. The molecule has 0 fully saturated rings. The number of phosphoric acid groups is 1. The van der Waals surface area contributed by atoms with Gasteiger partial charge in [0.1, 0.15) is 0 Å². The van der Waals surface area contributed by atoms with E-state index in [2.05, 4.69) is 50.8 Å². The van der Waals surface area contributed by atoms with E-state index in [1.54, 1.807) is 0 Å². The molecule has 7 heteroatoms. The minimum Gasteiger partial charge on any atom is -0.290 e. The van der Waals surface area contributed by atoms with Crippen LogP contribution in [0.15, 0.2) is 0 Å². The largest absolute Gasteiger partial charge is 0.473 e. The molecule has 10 heavy (non-hydrogen) atoms. The van der Waals surface area contributed by atoms with Crippen molar-refractivity contribution < 1.29 is 18.1 Å². The average molecular weight is 394 g/mol. The maximum atomic E-state index is 10.7. The topological polar surface area (TPSA) is 44.8 Å². The lowest BCUT2D eigenvalue weighted by Crippen LogP contribution is -1.88. The predicted octanol–water partition coefficient (Wildman–Crippen LogP) is 2.81. The Kier molecular flexibility index (Phi) is 12.2. The number of halogens is 2. The zero-order chi connectivity index (χ0) is 8.62. The molecule has 0 heterocycles. The second-order valence-electron chi connectivity index (χ2n) is 0.995. The molecule has 0 aliphatic rings. The standard InChI is InChI=1S/C3H9O4P.I2/c1-5-8(4,6-2)7-3;1-2/h1-3H3;. The van der Waals surface area contributed by atoms with Crippen LogP contribution in [0.5, 0.6) is 0 Å². The highest BCUT2D eigenvalue weighted by atomic mass is 128. The normalized spacial score (nSPS) is 10.1. The van der Waals surface area contributed by atoms with Gasteiger partial charge in [0.2, 0.25) is 0 Å². The summed E-state index contributed by atoms with van der Waals surface area (Å²) in [5.41, 5.74) is 0. The molecule has 0 aromatic carbocycles. The van der Waals surface area contributed by atoms with Gasteiger partial charge in [-0.25, -0.2) is 4.57 Å². The molecule has 0 aliphatic carbocycles. The number of hydrogen-bond donors (Lipinski definition) is 0. The van der Waals surface area contributed by atoms with Crippen LogP contribution in [-0.4, -0.2) is 21.3 Å². The smallest absolute Gasteiger partial charge is 0.290 e. The molecule has 0 aliphatic heterocycles. The van der Waals surface area contributed by atoms with Gasteiger partial charge >= 0.3 is 7.82 Å². The molecule has 0 aromatic rings. The fraction of sp³-hybridized carbons (Fsp3) is 1.00. The second kappa shape index (κ2) is 8.66. The van der Waals surface area contributed by atoms with Crippen LogP contribution < -0.4 is 0 Å². The number of phosphoric ester groups is 1. The van der Waals surface area contributed by atoms with Crippen LogP contribution in [0, 0.1) is 0 Å². The molecule has 0 unspecified atom stereocenters. The molecule has 0 aromatic heterocycles. The van der Waals surface area contributed by atoms with Gasteiger partial charge in [-0.3, -0.25) is 13.6 Å². The summed E-state index contributed by atoms with van der Waals surface area (Å²) in [5.74, 6) is 0. The Labute approximate surface area is 83.9 Å². The monoisotopic (exact) mass is 394 g/mol. The maximum absolute atomic E-state index is 10.7. The maximum Gasteiger partial charge on any atom is 0.473 e. The highest BCUT2D eigenvalue weighted by Gasteiger charge is 2.18. The molecule has 0 saturated heterocycles. The molecule has 0 bridgehead atoms. The molecular weight excluding hydrogens is 385 g/mol. The molecule has 0 rings (SSSR count). The van der Waals surface area contributed by atoms with Crippen molar-refractivity contribution in [2.24, 2.45) is 0 Å². The van der Waals surface area contributed by atoms with E-state index in [0.29, 0.717) is 0 Å². The Bertz CT molecular complexity index is 89.7. The van der Waals surface area contributed by atoms with Crippen molar-refractivity contribution in [3.63, 3.8) is 0 Å². The summed E-state index contributed by atoms with van der Waals surface area (Å²) in [7, 11) is 0.611. The third-order valence-electron chi connectivity index (χ3n) is 0.671. The minimum absolute atomic E-state index is 1.26. The summed E-state index contributed by atoms with van der Waals surface area (Å²) >= 11 is 4.24. The van der Waals surface area contributed by atoms with Gasteiger partial charge in [-0.15, -0.1) is 0 Å². The van der Waals surface area contributed by atoms with Crippen LogP contribution in [-0.2, 0) is 18.1 Å². The van der Waals surface area contributed by atoms with Crippen molar-refractivity contribution in [1.29, 1.82) is 0 Å². The van der Waals surface area contributed by atoms with Crippen LogP contribution in [0.1, 0.15) is 0 Å². The lowest BCUT2D eigenvalue weighted by atomic mass is 11.8. The van der Waals surface area contributed by atoms with E-state index < -0.39 is 7.82 Å². The third-order valence-corrected chi connectivity index (χ3v) is 2.01. The summed E-state index contributed by atoms with van der Waals surface area (Å²) in [6.45, 7) is 0. The Hall–Kier alpha value is 1.57. The number of hydrogen-bond acceptors (Lipinski definition) is 4. The van der Waals surface area contributed by atoms with Gasteiger partial charge in [-0.1, -0.05) is 0 Å². The lowest BCUT2D eigenvalue weighted by molar-refractivity contribution is 0.178. The first-order valence-corrected chi connectivity index (χ1v) is 9.84. The van der Waals surface area contributed by atoms with Gasteiger partial charge in [-0.05, 0) is 0 Å². The molecule has 0 radical (unpaired) electrons. The van der Waals surface area contributed by atoms with Gasteiger partial charge in [0.25, 0.3) is 0 Å². The van der Waals surface area contributed by atoms with E-state index in [0.717, 1.165) is 0 Å². The average Bonchev–Trinajstić information content (AvgIpc) is 2.07. The van der Waals surface area contributed by atoms with Crippen molar-refractivity contribution in [3.05, 3.63) is 0 Å². The first-order valence-electron chi connectivity index (χ1n) is 2.10. The van der Waals surface area contributed by atoms with E-state index in [-0.39, 0.29) is 0 Å². The SMILES string of the molecule is COP(=O)(OC)OC.II. The molecule has 0 amide bonds. The summed E-state index contributed by atoms with van der Waals surface area (Å²) in [5, 5.41) is 0. The zero-order valence-corrected chi connectivity index (χ0v) is 11.0. The first kappa shape index (κ1) is 14.1. The van der Waals surface area contributed by atoms with Gasteiger partial charge in [0.05, 0.1) is 0 Å². The van der Waals surface area contributed by atoms with Crippen molar-refractivity contribution in [2.75, 3.05) is 21.3 Å². The molecule has 4 nitrogen and oxygen atoms in total. The molecule has 0 atom stereocenters. The van der Waals surface area contributed by atoms with Crippen LogP contribution in [0.3, 0.4) is 0 Å². The van der Waals surface area contributed by atoms with Gasteiger partial charge in [-0.2, -0.15) is 0 Å². The van der Waals surface area contributed by atoms with Crippen LogP contribution in [0.2, 0.25) is 0 Å². The van der Waals surface area contributed by atoms with Gasteiger partial charge in [0.15, 0.2) is 0 Å². The van der Waals surface area contributed by atoms with Crippen LogP contribution >= 0.6 is 45.1 Å². The zero-order valence-electron chi connectivity index (χ0n) is 5.84. The van der Waals surface area contributed by atoms with Crippen molar-refractivity contribution >= 4 is 45.1 Å². The van der Waals surface area contributed by atoms with E-state index in [1.165, 1.54) is 21.3 Å². The van der Waals surface area contributed by atoms with Gasteiger partial charge < -0.3 is 0 Å². The summed E-state index contributed by atoms with van der Waals surface area (Å²) < 4.78 is 23.7. The van der Waals surface area contributed by atoms with E-state index >= 15 is 0 Å². The Morgan fingerprint density at radius 2 is 1.20 bits per heavy atom. The third kappa shape index (κ3) is 6.29. The predicted molar refractivity (Wildman–Crippen MR) is 56.7 cm³/mol. The second-order valence-corrected chi connectivity index (χ2v) is 2.98. The van der Waals surface area contributed by atoms with Crippen molar-refractivity contribution in [1.82, 2.24) is 0 Å². The van der Waals surface area contributed by atoms with Crippen molar-refractivity contribution in [3.8, 4) is 0 Å². The lowest BCUT2D eigenvalue weighted by Gasteiger charge is -2.08. The fourth-order valence-corrected chi connectivity index (χ4v) is 0.671. The Balaban J connectivity index is 0. The molecule has 0 saturated carbocycles. The molecule has 64 valence electrons. The van der Waals surface area contributed by atoms with Crippen molar-refractivity contribution in [2.45, 2.75) is 0 Å². The molecular formula is C3H9I2O4P. The Morgan fingerprint density at radius 1 is 1.00 bits per heavy atom. The Morgan fingerprint density at radius 3 is 1.20 bits per heavy atom. The quantitative estimate of drug-likeness (QED) is 0.546. The molecule has 0 N–H and O–H groups in total. The fourth-order valence-electron chi connectivity index (χ4n) is 0.224. The summed E-state index contributed by atoms with van der Waals surface area (Å²) in [4.78, 5) is 0. The highest BCUT2D eigenvalue weighted by molar-refractivity contribution is 15.0. The first-order chi connectivity index (χ1) is 4.68. The van der Waals surface area contributed by atoms with E-state index in [1.807, 2.05) is 0 Å². The van der Waals surface area contributed by atoms with E-state index in [4.69, 9.17) is 0 Å². The summed E-state index contributed by atoms with van der Waals surface area (Å²) in [6, 6.07) is 0. The summed E-state index contributed by atoms with van der Waals surface area (Å²) in [6.07, 6.45) is 0. The minimum atomic E-state index is -3.16. The highest BCUT2D eigenvalue weighted by Crippen LogP contribution is 2.46. The van der Waals surface area contributed by atoms with Gasteiger partial charge in [0, 0.05) is 58.6 Å².